The Morgan fingerprint density at radius 3 is 2.46 bits per heavy atom. The Labute approximate surface area is 168 Å². The number of benzene rings is 2. The second kappa shape index (κ2) is 7.37. The van der Waals surface area contributed by atoms with E-state index in [0.29, 0.717) is 37.8 Å². The summed E-state index contributed by atoms with van der Waals surface area (Å²) in [7, 11) is 0. The summed E-state index contributed by atoms with van der Waals surface area (Å²) in [6.45, 7) is 4.00. The number of halogens is 2. The van der Waals surface area contributed by atoms with Crippen LogP contribution in [0.2, 0.25) is 0 Å². The molecule has 0 saturated heterocycles. The van der Waals surface area contributed by atoms with E-state index < -0.39 is 0 Å². The number of hydrogen-bond acceptors (Lipinski definition) is 3. The van der Waals surface area contributed by atoms with Gasteiger partial charge in [0.25, 0.3) is 5.91 Å². The number of aromatic hydroxyl groups is 1. The molecule has 4 nitrogen and oxygen atoms in total. The Hall–Kier alpha value is -1.92. The van der Waals surface area contributed by atoms with Gasteiger partial charge < -0.3 is 10.4 Å². The highest BCUT2D eigenvalue weighted by atomic mass is 79.9. The van der Waals surface area contributed by atoms with Gasteiger partial charge in [0.2, 0.25) is 0 Å². The van der Waals surface area contributed by atoms with Crippen molar-refractivity contribution in [3.63, 3.8) is 0 Å². The molecule has 26 heavy (non-hydrogen) atoms. The molecule has 0 aromatic heterocycles. The molecule has 0 aliphatic carbocycles. The van der Waals surface area contributed by atoms with Gasteiger partial charge in [-0.1, -0.05) is 13.8 Å². The molecule has 0 unspecified atom stereocenters. The fraction of sp³-hybridized carbons (Fsp3) is 0.200. The molecule has 2 N–H and O–H groups in total. The minimum absolute atomic E-state index is 0.0663. The van der Waals surface area contributed by atoms with E-state index in [0.717, 1.165) is 5.56 Å². The van der Waals surface area contributed by atoms with Gasteiger partial charge in [-0.3, -0.25) is 9.59 Å². The highest BCUT2D eigenvalue weighted by molar-refractivity contribution is 9.11. The number of amides is 1. The smallest absolute Gasteiger partial charge is 0.256 e. The van der Waals surface area contributed by atoms with Crippen molar-refractivity contribution in [3.8, 4) is 5.75 Å². The Balaban J connectivity index is 2.04. The number of nitrogens with one attached hydrogen (secondary N) is 1. The van der Waals surface area contributed by atoms with Gasteiger partial charge >= 0.3 is 0 Å². The number of Topliss-reactive ketones (excluding diaryl/α,β-unsaturated/α-hetero) is 1. The van der Waals surface area contributed by atoms with Crippen LogP contribution in [-0.2, 0) is 4.79 Å². The average Bonchev–Trinajstić information content (AvgIpc) is 2.87. The summed E-state index contributed by atoms with van der Waals surface area (Å²) < 4.78 is 1.05. The van der Waals surface area contributed by atoms with Crippen LogP contribution in [-0.4, -0.2) is 16.8 Å². The lowest BCUT2D eigenvalue weighted by Crippen LogP contribution is -2.03. The van der Waals surface area contributed by atoms with Crippen LogP contribution >= 0.6 is 31.9 Å². The Morgan fingerprint density at radius 1 is 1.19 bits per heavy atom. The van der Waals surface area contributed by atoms with Crippen LogP contribution in [0.1, 0.15) is 41.8 Å². The Bertz CT molecular complexity index is 925. The van der Waals surface area contributed by atoms with Gasteiger partial charge in [-0.2, -0.15) is 0 Å². The lowest BCUT2D eigenvalue weighted by atomic mass is 9.97. The number of phenols is 1. The lowest BCUT2D eigenvalue weighted by Gasteiger charge is -2.07. The first kappa shape index (κ1) is 18.9. The van der Waals surface area contributed by atoms with Crippen LogP contribution < -0.4 is 5.32 Å². The van der Waals surface area contributed by atoms with Gasteiger partial charge in [-0.25, -0.2) is 0 Å². The van der Waals surface area contributed by atoms with Gasteiger partial charge in [-0.05, 0) is 79.7 Å². The molecule has 2 aromatic rings. The fourth-order valence-corrected chi connectivity index (χ4v) is 4.05. The van der Waals surface area contributed by atoms with Gasteiger partial charge in [0, 0.05) is 28.8 Å². The van der Waals surface area contributed by atoms with Crippen molar-refractivity contribution in [1.29, 1.82) is 0 Å². The summed E-state index contributed by atoms with van der Waals surface area (Å²) in [5, 5.41) is 12.7. The summed E-state index contributed by atoms with van der Waals surface area (Å²) >= 11 is 6.58. The topological polar surface area (TPSA) is 66.4 Å². The normalized spacial score (nSPS) is 14.7. The van der Waals surface area contributed by atoms with Crippen LogP contribution in [0.25, 0.3) is 11.6 Å². The molecule has 1 aliphatic rings. The highest BCUT2D eigenvalue weighted by Gasteiger charge is 2.25. The molecule has 1 amide bonds. The van der Waals surface area contributed by atoms with Crippen molar-refractivity contribution in [2.75, 3.05) is 5.32 Å². The largest absolute Gasteiger partial charge is 0.506 e. The predicted octanol–water partition coefficient (Wildman–Crippen LogP) is 5.64. The van der Waals surface area contributed by atoms with Crippen molar-refractivity contribution in [2.45, 2.75) is 20.3 Å². The zero-order valence-corrected chi connectivity index (χ0v) is 17.4. The zero-order valence-electron chi connectivity index (χ0n) is 14.3. The number of hydrogen-bond donors (Lipinski definition) is 2. The fourth-order valence-electron chi connectivity index (χ4n) is 2.83. The van der Waals surface area contributed by atoms with Crippen LogP contribution in [0.4, 0.5) is 5.69 Å². The molecule has 3 rings (SSSR count). The maximum absolute atomic E-state index is 12.4. The monoisotopic (exact) mass is 477 g/mol. The van der Waals surface area contributed by atoms with E-state index in [2.05, 4.69) is 37.2 Å². The molecule has 134 valence electrons. The molecule has 0 fully saturated rings. The van der Waals surface area contributed by atoms with E-state index in [-0.39, 0.29) is 23.4 Å². The number of phenolic OH excluding ortho intramolecular Hbond substituents is 1. The standard InChI is InChI=1S/C20H17Br2NO3/c1-10(2)5-18(24)12-3-4-17-13(9-12)14(20(26)23-17)6-11-7-15(21)19(25)16(22)8-11/h3-4,6-10,25H,5H2,1-2H3,(H,23,26). The summed E-state index contributed by atoms with van der Waals surface area (Å²) in [5.74, 6) is 0.229. The average molecular weight is 479 g/mol. The first-order valence-corrected chi connectivity index (χ1v) is 9.73. The Kier molecular flexibility index (Phi) is 5.34. The third-order valence-corrected chi connectivity index (χ3v) is 5.28. The molecule has 0 saturated carbocycles. The van der Waals surface area contributed by atoms with Crippen LogP contribution in [0.15, 0.2) is 39.3 Å². The third-order valence-electron chi connectivity index (χ3n) is 4.07. The zero-order chi connectivity index (χ0) is 19.0. The SMILES string of the molecule is CC(C)CC(=O)c1ccc2c(c1)C(=Cc1cc(Br)c(O)c(Br)c1)C(=O)N2. The minimum atomic E-state index is -0.214. The molecular weight excluding hydrogens is 462 g/mol. The summed E-state index contributed by atoms with van der Waals surface area (Å²) in [6.07, 6.45) is 2.21. The molecule has 0 bridgehead atoms. The summed E-state index contributed by atoms with van der Waals surface area (Å²) in [6, 6.07) is 8.75. The second-order valence-corrected chi connectivity index (χ2v) is 8.34. The number of carbonyl (C=O) groups is 2. The van der Waals surface area contributed by atoms with E-state index in [1.54, 1.807) is 36.4 Å². The van der Waals surface area contributed by atoms with Crippen molar-refractivity contribution < 1.29 is 14.7 Å². The van der Waals surface area contributed by atoms with E-state index in [1.165, 1.54) is 0 Å². The maximum atomic E-state index is 12.4. The molecule has 1 heterocycles. The van der Waals surface area contributed by atoms with E-state index in [4.69, 9.17) is 0 Å². The van der Waals surface area contributed by atoms with Crippen LogP contribution in [0.3, 0.4) is 0 Å². The van der Waals surface area contributed by atoms with Crippen molar-refractivity contribution in [2.24, 2.45) is 5.92 Å². The van der Waals surface area contributed by atoms with Crippen molar-refractivity contribution in [1.82, 2.24) is 0 Å². The third kappa shape index (κ3) is 3.76. The highest BCUT2D eigenvalue weighted by Crippen LogP contribution is 2.37. The number of carbonyl (C=O) groups excluding carboxylic acids is 2. The van der Waals surface area contributed by atoms with Gasteiger partial charge in [0.15, 0.2) is 5.78 Å². The minimum Gasteiger partial charge on any atom is -0.506 e. The van der Waals surface area contributed by atoms with Crippen LogP contribution in [0, 0.1) is 5.92 Å². The number of rotatable bonds is 4. The molecule has 0 atom stereocenters. The lowest BCUT2D eigenvalue weighted by molar-refractivity contribution is -0.110. The molecular formula is C20H17Br2NO3. The molecule has 0 spiro atoms. The molecule has 1 aliphatic heterocycles. The van der Waals surface area contributed by atoms with Crippen molar-refractivity contribution in [3.05, 3.63) is 56.0 Å². The second-order valence-electron chi connectivity index (χ2n) is 6.63. The van der Waals surface area contributed by atoms with Gasteiger partial charge in [0.05, 0.1) is 8.95 Å². The van der Waals surface area contributed by atoms with E-state index in [9.17, 15) is 14.7 Å². The van der Waals surface area contributed by atoms with Crippen molar-refractivity contribution >= 4 is 60.9 Å². The maximum Gasteiger partial charge on any atom is 0.256 e. The van der Waals surface area contributed by atoms with Gasteiger partial charge in [-0.15, -0.1) is 0 Å². The number of anilines is 1. The Morgan fingerprint density at radius 2 is 1.85 bits per heavy atom. The van der Waals surface area contributed by atoms with Crippen LogP contribution in [0.5, 0.6) is 5.75 Å². The number of fused-ring (bicyclic) bond motifs is 1. The first-order chi connectivity index (χ1) is 12.3. The van der Waals surface area contributed by atoms with Gasteiger partial charge in [0.1, 0.15) is 5.75 Å². The predicted molar refractivity (Wildman–Crippen MR) is 110 cm³/mol. The molecule has 0 radical (unpaired) electrons. The van der Waals surface area contributed by atoms with E-state index in [1.807, 2.05) is 13.8 Å². The summed E-state index contributed by atoms with van der Waals surface area (Å²) in [4.78, 5) is 24.8. The van der Waals surface area contributed by atoms with E-state index >= 15 is 0 Å². The summed E-state index contributed by atoms with van der Waals surface area (Å²) in [5.41, 5.74) is 3.25. The number of ketones is 1. The molecule has 6 heteroatoms. The quantitative estimate of drug-likeness (QED) is 0.441. The molecule has 2 aromatic carbocycles. The first-order valence-electron chi connectivity index (χ1n) is 8.15.